The van der Waals surface area contributed by atoms with Crippen molar-refractivity contribution in [1.29, 1.82) is 5.26 Å². The Kier molecular flexibility index (Phi) is 4.36. The van der Waals surface area contributed by atoms with Gasteiger partial charge in [-0.15, -0.1) is 0 Å². The third-order valence-electron chi connectivity index (χ3n) is 5.12. The molecular formula is C22H18ClN3. The average Bonchev–Trinajstić information content (AvgIpc) is 2.68. The first-order valence-corrected chi connectivity index (χ1v) is 9.08. The van der Waals surface area contributed by atoms with E-state index < -0.39 is 0 Å². The molecule has 1 atom stereocenters. The van der Waals surface area contributed by atoms with Crippen LogP contribution in [0.5, 0.6) is 0 Å². The second-order valence-corrected chi connectivity index (χ2v) is 7.02. The number of pyridine rings is 1. The molecule has 4 rings (SSSR count). The molecule has 1 unspecified atom stereocenters. The highest BCUT2D eigenvalue weighted by atomic mass is 35.5. The lowest BCUT2D eigenvalue weighted by Gasteiger charge is -2.27. The molecule has 1 aromatic heterocycles. The lowest BCUT2D eigenvalue weighted by molar-refractivity contribution is 0.576. The summed E-state index contributed by atoms with van der Waals surface area (Å²) in [5.74, 6) is 0.696. The number of anilines is 1. The van der Waals surface area contributed by atoms with Gasteiger partial charge in [-0.25, -0.2) is 4.98 Å². The Morgan fingerprint density at radius 1 is 1.08 bits per heavy atom. The van der Waals surface area contributed by atoms with Crippen LogP contribution in [0.15, 0.2) is 54.6 Å². The number of nitrogens with two attached hydrogens (primary N) is 1. The van der Waals surface area contributed by atoms with Crippen molar-refractivity contribution in [1.82, 2.24) is 4.98 Å². The number of nitrogen functional groups attached to an aromatic ring is 1. The van der Waals surface area contributed by atoms with Crippen LogP contribution in [-0.2, 0) is 12.8 Å². The largest absolute Gasteiger partial charge is 0.383 e. The van der Waals surface area contributed by atoms with Crippen LogP contribution in [-0.4, -0.2) is 4.98 Å². The first-order valence-electron chi connectivity index (χ1n) is 8.70. The monoisotopic (exact) mass is 359 g/mol. The van der Waals surface area contributed by atoms with Crippen LogP contribution >= 0.6 is 11.6 Å². The molecule has 0 amide bonds. The number of nitrogens with zero attached hydrogens (tertiary/aromatic N) is 2. The van der Waals surface area contributed by atoms with Gasteiger partial charge in [0.1, 0.15) is 17.5 Å². The number of benzene rings is 2. The smallest absolute Gasteiger partial charge is 0.142 e. The summed E-state index contributed by atoms with van der Waals surface area (Å²) in [7, 11) is 0. The van der Waals surface area contributed by atoms with E-state index in [2.05, 4.69) is 35.3 Å². The molecule has 26 heavy (non-hydrogen) atoms. The highest BCUT2D eigenvalue weighted by molar-refractivity contribution is 6.33. The van der Waals surface area contributed by atoms with Crippen molar-refractivity contribution in [3.8, 4) is 17.2 Å². The van der Waals surface area contributed by atoms with Crippen molar-refractivity contribution < 1.29 is 0 Å². The van der Waals surface area contributed by atoms with Gasteiger partial charge < -0.3 is 5.73 Å². The Morgan fingerprint density at radius 3 is 2.54 bits per heavy atom. The minimum Gasteiger partial charge on any atom is -0.383 e. The topological polar surface area (TPSA) is 62.7 Å². The van der Waals surface area contributed by atoms with E-state index in [9.17, 15) is 5.26 Å². The zero-order valence-electron chi connectivity index (χ0n) is 14.2. The van der Waals surface area contributed by atoms with E-state index in [1.165, 1.54) is 5.56 Å². The van der Waals surface area contributed by atoms with E-state index in [1.54, 1.807) is 0 Å². The van der Waals surface area contributed by atoms with Crippen molar-refractivity contribution in [3.05, 3.63) is 82.0 Å². The lowest BCUT2D eigenvalue weighted by atomic mass is 9.78. The van der Waals surface area contributed by atoms with Gasteiger partial charge in [-0.2, -0.15) is 5.26 Å². The maximum Gasteiger partial charge on any atom is 0.142 e. The number of aryl methyl sites for hydroxylation is 1. The van der Waals surface area contributed by atoms with Gasteiger partial charge in [-0.1, -0.05) is 60.1 Å². The van der Waals surface area contributed by atoms with Crippen molar-refractivity contribution in [2.75, 3.05) is 5.73 Å². The minimum absolute atomic E-state index is 0.291. The van der Waals surface area contributed by atoms with Crippen LogP contribution in [0.3, 0.4) is 0 Å². The Hall–Kier alpha value is -2.83. The van der Waals surface area contributed by atoms with E-state index in [1.807, 2.05) is 30.3 Å². The lowest BCUT2D eigenvalue weighted by Crippen LogP contribution is -2.17. The molecule has 0 radical (unpaired) electrons. The van der Waals surface area contributed by atoms with Gasteiger partial charge in [-0.3, -0.25) is 0 Å². The standard InChI is InChI=1S/C22H18ClN3/c23-19-9-5-4-8-16(19)21-17-12-15(14-6-2-1-3-7-14)10-11-20(17)26-22(25)18(21)13-24/h1-9,15H,10-12H2,(H2,25,26). The van der Waals surface area contributed by atoms with E-state index in [-0.39, 0.29) is 0 Å². The summed E-state index contributed by atoms with van der Waals surface area (Å²) < 4.78 is 0. The summed E-state index contributed by atoms with van der Waals surface area (Å²) in [6.07, 6.45) is 2.71. The summed E-state index contributed by atoms with van der Waals surface area (Å²) in [6, 6.07) is 20.4. The molecular weight excluding hydrogens is 342 g/mol. The molecule has 1 aliphatic carbocycles. The number of rotatable bonds is 2. The highest BCUT2D eigenvalue weighted by Gasteiger charge is 2.27. The van der Waals surface area contributed by atoms with E-state index in [4.69, 9.17) is 17.3 Å². The van der Waals surface area contributed by atoms with Gasteiger partial charge in [0.15, 0.2) is 0 Å². The molecule has 0 aliphatic heterocycles. The van der Waals surface area contributed by atoms with Crippen molar-refractivity contribution in [2.24, 2.45) is 0 Å². The number of aromatic nitrogens is 1. The normalized spacial score (nSPS) is 15.9. The predicted molar refractivity (Wildman–Crippen MR) is 105 cm³/mol. The van der Waals surface area contributed by atoms with Gasteiger partial charge in [0.2, 0.25) is 0 Å². The molecule has 2 aromatic carbocycles. The SMILES string of the molecule is N#Cc1c(N)nc2c(c1-c1ccccc1Cl)CC(c1ccccc1)CC2. The Morgan fingerprint density at radius 2 is 1.81 bits per heavy atom. The fourth-order valence-electron chi connectivity index (χ4n) is 3.86. The molecule has 4 heteroatoms. The molecule has 3 aromatic rings. The van der Waals surface area contributed by atoms with Crippen molar-refractivity contribution in [3.63, 3.8) is 0 Å². The van der Waals surface area contributed by atoms with Crippen molar-refractivity contribution in [2.45, 2.75) is 25.2 Å². The van der Waals surface area contributed by atoms with Gasteiger partial charge in [-0.05, 0) is 42.4 Å². The molecule has 1 aliphatic rings. The first kappa shape index (κ1) is 16.6. The quantitative estimate of drug-likeness (QED) is 0.690. The molecule has 3 nitrogen and oxygen atoms in total. The van der Waals surface area contributed by atoms with E-state index in [0.717, 1.165) is 41.6 Å². The number of fused-ring (bicyclic) bond motifs is 1. The van der Waals surface area contributed by atoms with Crippen LogP contribution in [0.4, 0.5) is 5.82 Å². The molecule has 0 bridgehead atoms. The van der Waals surface area contributed by atoms with Gasteiger partial charge >= 0.3 is 0 Å². The van der Waals surface area contributed by atoms with Gasteiger partial charge in [0, 0.05) is 21.8 Å². The summed E-state index contributed by atoms with van der Waals surface area (Å²) in [5.41, 5.74) is 11.6. The second-order valence-electron chi connectivity index (χ2n) is 6.61. The van der Waals surface area contributed by atoms with E-state index >= 15 is 0 Å². The summed E-state index contributed by atoms with van der Waals surface area (Å²) in [6.45, 7) is 0. The molecule has 0 saturated carbocycles. The Balaban J connectivity index is 1.91. The first-order chi connectivity index (χ1) is 12.7. The van der Waals surface area contributed by atoms with E-state index in [0.29, 0.717) is 22.3 Å². The number of halogens is 1. The number of hydrogen-bond donors (Lipinski definition) is 1. The fraction of sp³-hybridized carbons (Fsp3) is 0.182. The Labute approximate surface area is 158 Å². The zero-order chi connectivity index (χ0) is 18.1. The summed E-state index contributed by atoms with van der Waals surface area (Å²) in [5, 5.41) is 10.3. The van der Waals surface area contributed by atoms with Crippen LogP contribution in [0, 0.1) is 11.3 Å². The molecule has 1 heterocycles. The third kappa shape index (κ3) is 2.83. The van der Waals surface area contributed by atoms with Crippen molar-refractivity contribution >= 4 is 17.4 Å². The summed E-state index contributed by atoms with van der Waals surface area (Å²) >= 11 is 6.47. The zero-order valence-corrected chi connectivity index (χ0v) is 15.0. The van der Waals surface area contributed by atoms with Crippen LogP contribution in [0.1, 0.15) is 34.7 Å². The van der Waals surface area contributed by atoms with Gasteiger partial charge in [0.25, 0.3) is 0 Å². The maximum atomic E-state index is 9.72. The minimum atomic E-state index is 0.291. The molecule has 128 valence electrons. The highest BCUT2D eigenvalue weighted by Crippen LogP contribution is 2.42. The Bertz CT molecular complexity index is 1010. The van der Waals surface area contributed by atoms with Crippen LogP contribution in [0.25, 0.3) is 11.1 Å². The fourth-order valence-corrected chi connectivity index (χ4v) is 4.09. The van der Waals surface area contributed by atoms with Crippen LogP contribution in [0.2, 0.25) is 5.02 Å². The second kappa shape index (κ2) is 6.82. The summed E-state index contributed by atoms with van der Waals surface area (Å²) in [4.78, 5) is 4.54. The predicted octanol–water partition coefficient (Wildman–Crippen LogP) is 5.13. The number of hydrogen-bond acceptors (Lipinski definition) is 3. The third-order valence-corrected chi connectivity index (χ3v) is 5.45. The maximum absolute atomic E-state index is 9.72. The van der Waals surface area contributed by atoms with Crippen LogP contribution < -0.4 is 5.73 Å². The molecule has 0 saturated heterocycles. The average molecular weight is 360 g/mol. The molecule has 0 fully saturated rings. The van der Waals surface area contributed by atoms with Gasteiger partial charge in [0.05, 0.1) is 0 Å². The molecule has 2 N–H and O–H groups in total. The molecule has 0 spiro atoms. The number of nitriles is 1.